The van der Waals surface area contributed by atoms with Crippen molar-refractivity contribution in [3.05, 3.63) is 96.1 Å². The highest BCUT2D eigenvalue weighted by Gasteiger charge is 2.35. The summed E-state index contributed by atoms with van der Waals surface area (Å²) in [6.45, 7) is 2.86. The summed E-state index contributed by atoms with van der Waals surface area (Å²) >= 11 is 0. The van der Waals surface area contributed by atoms with Gasteiger partial charge in [-0.2, -0.15) is 4.68 Å². The van der Waals surface area contributed by atoms with E-state index >= 15 is 0 Å². The fourth-order valence-electron chi connectivity index (χ4n) is 4.47. The first-order valence-electron chi connectivity index (χ1n) is 12.3. The fraction of sp³-hybridized carbons (Fsp3) is 0.179. The maximum Gasteiger partial charge on any atom is 0.272 e. The molecule has 1 aromatic heterocycles. The minimum atomic E-state index is -1.23. The number of benzodiazepines with no additional fused rings is 1. The molecule has 5 rings (SSSR count). The van der Waals surface area contributed by atoms with E-state index in [1.54, 1.807) is 26.1 Å². The Morgan fingerprint density at radius 1 is 0.949 bits per heavy atom. The quantitative estimate of drug-likeness (QED) is 0.414. The van der Waals surface area contributed by atoms with Crippen LogP contribution < -0.4 is 15.1 Å². The summed E-state index contributed by atoms with van der Waals surface area (Å²) in [5, 5.41) is 14.5. The molecule has 0 saturated heterocycles. The number of tetrazole rings is 1. The van der Waals surface area contributed by atoms with Crippen LogP contribution in [-0.4, -0.2) is 62.9 Å². The van der Waals surface area contributed by atoms with E-state index in [0.29, 0.717) is 17.1 Å². The lowest BCUT2D eigenvalue weighted by Gasteiger charge is -2.27. The Morgan fingerprint density at radius 3 is 2.28 bits per heavy atom. The lowest BCUT2D eigenvalue weighted by molar-refractivity contribution is -0.129. The van der Waals surface area contributed by atoms with Crippen LogP contribution in [0, 0.1) is 0 Å². The predicted octanol–water partition coefficient (Wildman–Crippen LogP) is 2.36. The molecule has 2 heterocycles. The Hall–Kier alpha value is -5.19. The second kappa shape index (κ2) is 10.7. The van der Waals surface area contributed by atoms with E-state index in [1.807, 2.05) is 72.8 Å². The number of nitrogens with one attached hydrogen (secondary N) is 1. The van der Waals surface area contributed by atoms with Crippen molar-refractivity contribution in [3.8, 4) is 5.69 Å². The van der Waals surface area contributed by atoms with Gasteiger partial charge in [-0.15, -0.1) is 0 Å². The van der Waals surface area contributed by atoms with Crippen LogP contribution in [0.1, 0.15) is 25.0 Å². The molecule has 4 aromatic rings. The van der Waals surface area contributed by atoms with Crippen molar-refractivity contribution in [3.63, 3.8) is 0 Å². The fourth-order valence-corrected chi connectivity index (χ4v) is 4.47. The Labute approximate surface area is 224 Å². The number of aliphatic imine (C=N–C) groups is 1. The largest absolute Gasteiger partial charge is 0.325 e. The molecule has 0 bridgehead atoms. The number of aromatic nitrogens is 4. The smallest absolute Gasteiger partial charge is 0.272 e. The van der Waals surface area contributed by atoms with E-state index in [9.17, 15) is 14.4 Å². The van der Waals surface area contributed by atoms with Gasteiger partial charge in [0.2, 0.25) is 18.0 Å². The molecule has 2 atom stereocenters. The van der Waals surface area contributed by atoms with Gasteiger partial charge in [-0.25, -0.2) is 4.99 Å². The van der Waals surface area contributed by atoms with Crippen LogP contribution >= 0.6 is 0 Å². The zero-order chi connectivity index (χ0) is 27.5. The molecule has 196 valence electrons. The average Bonchev–Trinajstić information content (AvgIpc) is 3.41. The summed E-state index contributed by atoms with van der Waals surface area (Å²) in [7, 11) is 1.64. The number of para-hydroxylation sites is 2. The number of likely N-dealkylation sites (N-methyl/N-ethyl adjacent to an activating group) is 1. The molecular weight excluding hydrogens is 496 g/mol. The first-order chi connectivity index (χ1) is 18.9. The molecule has 0 unspecified atom stereocenters. The van der Waals surface area contributed by atoms with E-state index in [4.69, 9.17) is 4.99 Å². The molecule has 39 heavy (non-hydrogen) atoms. The minimum Gasteiger partial charge on any atom is -0.325 e. The lowest BCUT2D eigenvalue weighted by atomic mass is 10.0. The van der Waals surface area contributed by atoms with Crippen LogP contribution in [0.3, 0.4) is 0 Å². The molecule has 1 aliphatic rings. The van der Waals surface area contributed by atoms with Gasteiger partial charge in [-0.05, 0) is 35.5 Å². The maximum absolute atomic E-state index is 13.6. The van der Waals surface area contributed by atoms with Crippen molar-refractivity contribution in [1.29, 1.82) is 0 Å². The second-order valence-electron chi connectivity index (χ2n) is 8.96. The molecule has 0 spiro atoms. The van der Waals surface area contributed by atoms with E-state index in [2.05, 4.69) is 20.8 Å². The first kappa shape index (κ1) is 25.5. The highest BCUT2D eigenvalue weighted by molar-refractivity contribution is 6.20. The number of amides is 3. The number of rotatable bonds is 6. The van der Waals surface area contributed by atoms with E-state index < -0.39 is 29.9 Å². The highest BCUT2D eigenvalue weighted by Crippen LogP contribution is 2.27. The summed E-state index contributed by atoms with van der Waals surface area (Å²) in [5.41, 5.74) is 3.41. The summed E-state index contributed by atoms with van der Waals surface area (Å²) < 4.78 is 1.37. The normalized spacial score (nSPS) is 15.6. The third kappa shape index (κ3) is 4.89. The SMILES string of the molecule is CC(=O)N(c1nnnn1-c1ccccc1)[C@@H](C)C(=O)N[C@H]1N=C(c2ccccc2)c2ccccc2N(C)C1=O. The number of hydrogen-bond acceptors (Lipinski definition) is 7. The summed E-state index contributed by atoms with van der Waals surface area (Å²) in [4.78, 5) is 47.2. The van der Waals surface area contributed by atoms with Gasteiger partial charge in [0, 0.05) is 25.1 Å². The number of anilines is 2. The molecule has 0 radical (unpaired) electrons. The van der Waals surface area contributed by atoms with Gasteiger partial charge in [0.25, 0.3) is 11.9 Å². The topological polar surface area (TPSA) is 126 Å². The predicted molar refractivity (Wildman–Crippen MR) is 146 cm³/mol. The summed E-state index contributed by atoms with van der Waals surface area (Å²) in [6, 6.07) is 24.8. The first-order valence-corrected chi connectivity index (χ1v) is 12.3. The Balaban J connectivity index is 1.49. The highest BCUT2D eigenvalue weighted by atomic mass is 16.2. The molecule has 1 aliphatic heterocycles. The molecule has 11 nitrogen and oxygen atoms in total. The van der Waals surface area contributed by atoms with Gasteiger partial charge >= 0.3 is 0 Å². The number of hydrogen-bond donors (Lipinski definition) is 1. The lowest BCUT2D eigenvalue weighted by Crippen LogP contribution is -2.54. The van der Waals surface area contributed by atoms with E-state index in [-0.39, 0.29) is 5.95 Å². The van der Waals surface area contributed by atoms with Crippen LogP contribution in [-0.2, 0) is 14.4 Å². The Morgan fingerprint density at radius 2 is 1.59 bits per heavy atom. The second-order valence-corrected chi connectivity index (χ2v) is 8.96. The summed E-state index contributed by atoms with van der Waals surface area (Å²) in [6.07, 6.45) is -1.23. The van der Waals surface area contributed by atoms with Crippen molar-refractivity contribution in [1.82, 2.24) is 25.5 Å². The average molecular weight is 523 g/mol. The Kier molecular flexibility index (Phi) is 6.96. The van der Waals surface area contributed by atoms with Crippen LogP contribution in [0.5, 0.6) is 0 Å². The minimum absolute atomic E-state index is 0.0709. The van der Waals surface area contributed by atoms with Gasteiger partial charge in [0.15, 0.2) is 0 Å². The van der Waals surface area contributed by atoms with Crippen LogP contribution in [0.2, 0.25) is 0 Å². The number of carbonyl (C=O) groups is 3. The van der Waals surface area contributed by atoms with Gasteiger partial charge in [0.1, 0.15) is 6.04 Å². The van der Waals surface area contributed by atoms with E-state index in [1.165, 1.54) is 21.4 Å². The van der Waals surface area contributed by atoms with Crippen LogP contribution in [0.15, 0.2) is 89.9 Å². The van der Waals surface area contributed by atoms with E-state index in [0.717, 1.165) is 11.1 Å². The molecule has 0 saturated carbocycles. The van der Waals surface area contributed by atoms with Gasteiger partial charge < -0.3 is 10.2 Å². The van der Waals surface area contributed by atoms with Crippen molar-refractivity contribution in [2.24, 2.45) is 4.99 Å². The number of benzene rings is 3. The molecule has 11 heteroatoms. The monoisotopic (exact) mass is 522 g/mol. The number of nitrogens with zero attached hydrogens (tertiary/aromatic N) is 7. The van der Waals surface area contributed by atoms with Crippen LogP contribution in [0.4, 0.5) is 11.6 Å². The number of carbonyl (C=O) groups excluding carboxylic acids is 3. The zero-order valence-corrected chi connectivity index (χ0v) is 21.6. The molecule has 3 amide bonds. The van der Waals surface area contributed by atoms with Gasteiger partial charge in [-0.1, -0.05) is 71.8 Å². The van der Waals surface area contributed by atoms with Crippen molar-refractivity contribution < 1.29 is 14.4 Å². The third-order valence-electron chi connectivity index (χ3n) is 6.44. The van der Waals surface area contributed by atoms with Crippen molar-refractivity contribution in [2.45, 2.75) is 26.1 Å². The molecule has 3 aromatic carbocycles. The molecule has 1 N–H and O–H groups in total. The number of fused-ring (bicyclic) bond motifs is 1. The molecule has 0 fully saturated rings. The third-order valence-corrected chi connectivity index (χ3v) is 6.44. The molecular formula is C28H26N8O3. The van der Waals surface area contributed by atoms with Crippen molar-refractivity contribution >= 4 is 35.1 Å². The Bertz CT molecular complexity index is 1550. The maximum atomic E-state index is 13.6. The standard InChI is InChI=1S/C28H26N8O3/c1-18(35(19(2)37)28-31-32-33-36(28)21-14-8-5-9-15-21)26(38)30-25-27(39)34(3)23-17-11-10-16-22(23)24(29-25)20-12-6-4-7-13-20/h4-18,25H,1-3H3,(H,30,38)/t18-,25+/m0/s1. The van der Waals surface area contributed by atoms with Gasteiger partial charge in [0.05, 0.1) is 17.1 Å². The zero-order valence-electron chi connectivity index (χ0n) is 21.6. The van der Waals surface area contributed by atoms with Crippen molar-refractivity contribution in [2.75, 3.05) is 16.8 Å². The van der Waals surface area contributed by atoms with Crippen LogP contribution in [0.25, 0.3) is 5.69 Å². The summed E-state index contributed by atoms with van der Waals surface area (Å²) in [5.74, 6) is -1.39. The van der Waals surface area contributed by atoms with Gasteiger partial charge in [-0.3, -0.25) is 19.3 Å². The molecule has 0 aliphatic carbocycles.